The van der Waals surface area contributed by atoms with Crippen LogP contribution in [0.2, 0.25) is 0 Å². The Morgan fingerprint density at radius 1 is 1.50 bits per heavy atom. The lowest BCUT2D eigenvalue weighted by Crippen LogP contribution is -2.05. The standard InChI is InChI=1S/C12H10BrNO2/c1-2-16-12(15)10(8-14)7-9-3-5-11(13)6-4-9/h3-7H,2H2,1H3. The third-order valence-electron chi connectivity index (χ3n) is 1.80. The summed E-state index contributed by atoms with van der Waals surface area (Å²) in [5.41, 5.74) is 0.789. The summed E-state index contributed by atoms with van der Waals surface area (Å²) < 4.78 is 5.70. The van der Waals surface area contributed by atoms with E-state index in [1.807, 2.05) is 18.2 Å². The smallest absolute Gasteiger partial charge is 0.348 e. The summed E-state index contributed by atoms with van der Waals surface area (Å²) in [6.07, 6.45) is 1.50. The van der Waals surface area contributed by atoms with E-state index in [1.165, 1.54) is 6.08 Å². The Morgan fingerprint density at radius 3 is 2.62 bits per heavy atom. The minimum atomic E-state index is -0.590. The van der Waals surface area contributed by atoms with E-state index in [0.29, 0.717) is 0 Å². The molecule has 0 unspecified atom stereocenters. The van der Waals surface area contributed by atoms with Gasteiger partial charge in [-0.3, -0.25) is 0 Å². The third-order valence-corrected chi connectivity index (χ3v) is 2.33. The van der Waals surface area contributed by atoms with Crippen molar-refractivity contribution in [1.82, 2.24) is 0 Å². The van der Waals surface area contributed by atoms with Gasteiger partial charge in [-0.25, -0.2) is 4.79 Å². The highest BCUT2D eigenvalue weighted by molar-refractivity contribution is 9.10. The lowest BCUT2D eigenvalue weighted by molar-refractivity contribution is -0.137. The number of hydrogen-bond acceptors (Lipinski definition) is 3. The van der Waals surface area contributed by atoms with Crippen molar-refractivity contribution in [2.75, 3.05) is 6.61 Å². The summed E-state index contributed by atoms with van der Waals surface area (Å²) in [4.78, 5) is 11.3. The Labute approximate surface area is 102 Å². The number of rotatable bonds is 3. The maximum Gasteiger partial charge on any atom is 0.348 e. The van der Waals surface area contributed by atoms with Gasteiger partial charge in [-0.2, -0.15) is 5.26 Å². The zero-order chi connectivity index (χ0) is 12.0. The van der Waals surface area contributed by atoms with Crippen LogP contribution in [0.5, 0.6) is 0 Å². The lowest BCUT2D eigenvalue weighted by Gasteiger charge is -1.99. The fourth-order valence-corrected chi connectivity index (χ4v) is 1.34. The van der Waals surface area contributed by atoms with E-state index in [-0.39, 0.29) is 12.2 Å². The van der Waals surface area contributed by atoms with Crippen LogP contribution in [0.15, 0.2) is 34.3 Å². The van der Waals surface area contributed by atoms with E-state index in [0.717, 1.165) is 10.0 Å². The SMILES string of the molecule is CCOC(=O)C(C#N)=Cc1ccc(Br)cc1. The van der Waals surface area contributed by atoms with Crippen molar-refractivity contribution in [2.24, 2.45) is 0 Å². The first-order valence-electron chi connectivity index (χ1n) is 4.72. The zero-order valence-electron chi connectivity index (χ0n) is 8.74. The summed E-state index contributed by atoms with van der Waals surface area (Å²) in [6, 6.07) is 9.12. The van der Waals surface area contributed by atoms with Gasteiger partial charge in [0.15, 0.2) is 0 Å². The van der Waals surface area contributed by atoms with Crippen molar-refractivity contribution in [3.63, 3.8) is 0 Å². The Balaban J connectivity index is 2.92. The molecule has 1 rings (SSSR count). The fourth-order valence-electron chi connectivity index (χ4n) is 1.07. The van der Waals surface area contributed by atoms with Gasteiger partial charge in [-0.1, -0.05) is 28.1 Å². The second-order valence-corrected chi connectivity index (χ2v) is 3.86. The Kier molecular flexibility index (Phi) is 4.74. The van der Waals surface area contributed by atoms with Crippen molar-refractivity contribution < 1.29 is 9.53 Å². The number of nitriles is 1. The number of nitrogens with zero attached hydrogens (tertiary/aromatic N) is 1. The lowest BCUT2D eigenvalue weighted by atomic mass is 10.1. The molecular weight excluding hydrogens is 270 g/mol. The quantitative estimate of drug-likeness (QED) is 0.486. The first-order chi connectivity index (χ1) is 7.67. The predicted octanol–water partition coefficient (Wildman–Crippen LogP) is 2.92. The van der Waals surface area contributed by atoms with Crippen LogP contribution in [-0.2, 0) is 9.53 Å². The van der Waals surface area contributed by atoms with Gasteiger partial charge in [-0.15, -0.1) is 0 Å². The Morgan fingerprint density at radius 2 is 2.12 bits per heavy atom. The maximum atomic E-state index is 11.3. The van der Waals surface area contributed by atoms with Crippen LogP contribution in [0.4, 0.5) is 0 Å². The van der Waals surface area contributed by atoms with Crippen LogP contribution in [0.1, 0.15) is 12.5 Å². The molecule has 0 atom stereocenters. The van der Waals surface area contributed by atoms with Gasteiger partial charge in [0.2, 0.25) is 0 Å². The number of halogens is 1. The first-order valence-corrected chi connectivity index (χ1v) is 5.51. The average Bonchev–Trinajstić information content (AvgIpc) is 2.28. The first kappa shape index (κ1) is 12.5. The molecule has 0 aliphatic rings. The zero-order valence-corrected chi connectivity index (χ0v) is 10.3. The van der Waals surface area contributed by atoms with Gasteiger partial charge in [0, 0.05) is 4.47 Å². The molecule has 82 valence electrons. The molecule has 0 aliphatic heterocycles. The molecule has 0 aromatic heterocycles. The fraction of sp³-hybridized carbons (Fsp3) is 0.167. The van der Waals surface area contributed by atoms with E-state index >= 15 is 0 Å². The van der Waals surface area contributed by atoms with Crippen molar-refractivity contribution in [1.29, 1.82) is 5.26 Å². The van der Waals surface area contributed by atoms with E-state index in [1.54, 1.807) is 19.1 Å². The monoisotopic (exact) mass is 279 g/mol. The minimum absolute atomic E-state index is 0.00386. The van der Waals surface area contributed by atoms with Crippen LogP contribution in [0.25, 0.3) is 6.08 Å². The molecule has 0 radical (unpaired) electrons. The molecule has 1 aromatic carbocycles. The van der Waals surface area contributed by atoms with Gasteiger partial charge in [0.25, 0.3) is 0 Å². The minimum Gasteiger partial charge on any atom is -0.462 e. The molecule has 16 heavy (non-hydrogen) atoms. The predicted molar refractivity (Wildman–Crippen MR) is 64.4 cm³/mol. The molecule has 0 heterocycles. The van der Waals surface area contributed by atoms with E-state index < -0.39 is 5.97 Å². The van der Waals surface area contributed by atoms with Crippen molar-refractivity contribution in [3.05, 3.63) is 39.9 Å². The molecular formula is C12H10BrNO2. The van der Waals surface area contributed by atoms with E-state index in [4.69, 9.17) is 10.00 Å². The van der Waals surface area contributed by atoms with Crippen LogP contribution >= 0.6 is 15.9 Å². The third kappa shape index (κ3) is 3.52. The molecule has 0 N–H and O–H groups in total. The normalized spacial score (nSPS) is 10.7. The second kappa shape index (κ2) is 6.09. The average molecular weight is 280 g/mol. The van der Waals surface area contributed by atoms with Gasteiger partial charge in [0.1, 0.15) is 11.6 Å². The summed E-state index contributed by atoms with van der Waals surface area (Å²) in [5.74, 6) is -0.590. The molecule has 0 aliphatic carbocycles. The molecule has 0 saturated heterocycles. The Bertz CT molecular complexity index is 443. The molecule has 3 nitrogen and oxygen atoms in total. The molecule has 0 fully saturated rings. The van der Waals surface area contributed by atoms with E-state index in [9.17, 15) is 4.79 Å². The number of carbonyl (C=O) groups is 1. The largest absolute Gasteiger partial charge is 0.462 e. The molecule has 0 bridgehead atoms. The summed E-state index contributed by atoms with van der Waals surface area (Å²) in [7, 11) is 0. The van der Waals surface area contributed by atoms with Crippen LogP contribution in [-0.4, -0.2) is 12.6 Å². The molecule has 0 amide bonds. The van der Waals surface area contributed by atoms with Gasteiger partial charge < -0.3 is 4.74 Å². The van der Waals surface area contributed by atoms with Gasteiger partial charge >= 0.3 is 5.97 Å². The summed E-state index contributed by atoms with van der Waals surface area (Å²) in [6.45, 7) is 1.96. The Hall–Kier alpha value is -1.60. The summed E-state index contributed by atoms with van der Waals surface area (Å²) >= 11 is 3.31. The molecule has 0 spiro atoms. The number of esters is 1. The number of ether oxygens (including phenoxy) is 1. The molecule has 0 saturated carbocycles. The number of benzene rings is 1. The highest BCUT2D eigenvalue weighted by atomic mass is 79.9. The molecule has 4 heteroatoms. The highest BCUT2D eigenvalue weighted by Gasteiger charge is 2.09. The van der Waals surface area contributed by atoms with Gasteiger partial charge in [0.05, 0.1) is 6.61 Å². The second-order valence-electron chi connectivity index (χ2n) is 2.94. The topological polar surface area (TPSA) is 50.1 Å². The maximum absolute atomic E-state index is 11.3. The summed E-state index contributed by atoms with van der Waals surface area (Å²) in [5, 5.41) is 8.81. The van der Waals surface area contributed by atoms with Crippen LogP contribution in [0.3, 0.4) is 0 Å². The van der Waals surface area contributed by atoms with Crippen LogP contribution < -0.4 is 0 Å². The number of carbonyl (C=O) groups excluding carboxylic acids is 1. The molecule has 1 aromatic rings. The van der Waals surface area contributed by atoms with E-state index in [2.05, 4.69) is 15.9 Å². The van der Waals surface area contributed by atoms with Crippen LogP contribution in [0, 0.1) is 11.3 Å². The number of hydrogen-bond donors (Lipinski definition) is 0. The van der Waals surface area contributed by atoms with Crippen molar-refractivity contribution in [3.8, 4) is 6.07 Å². The van der Waals surface area contributed by atoms with Crippen molar-refractivity contribution >= 4 is 28.0 Å². The van der Waals surface area contributed by atoms with Gasteiger partial charge in [-0.05, 0) is 30.7 Å². The highest BCUT2D eigenvalue weighted by Crippen LogP contribution is 2.13. The van der Waals surface area contributed by atoms with Crippen molar-refractivity contribution in [2.45, 2.75) is 6.92 Å².